The molecular weight excluding hydrogens is 285 g/mol. The van der Waals surface area contributed by atoms with Gasteiger partial charge in [-0.25, -0.2) is 9.18 Å². The van der Waals surface area contributed by atoms with E-state index in [1.54, 1.807) is 11.0 Å². The molecule has 0 unspecified atom stereocenters. The second-order valence-electron chi connectivity index (χ2n) is 7.05. The minimum absolute atomic E-state index is 0.154. The van der Waals surface area contributed by atoms with Gasteiger partial charge in [0.05, 0.1) is 6.10 Å². The Morgan fingerprint density at radius 1 is 1.45 bits per heavy atom. The minimum atomic E-state index is -0.570. The smallest absolute Gasteiger partial charge is 0.412 e. The molecule has 0 saturated carbocycles. The summed E-state index contributed by atoms with van der Waals surface area (Å²) in [5.74, 6) is -0.266. The fraction of sp³-hybridized carbons (Fsp3) is 0.588. The summed E-state index contributed by atoms with van der Waals surface area (Å²) >= 11 is 0. The lowest BCUT2D eigenvalue weighted by Gasteiger charge is -2.50. The number of hydrogen-bond donors (Lipinski definition) is 0. The van der Waals surface area contributed by atoms with Gasteiger partial charge in [-0.1, -0.05) is 12.1 Å². The van der Waals surface area contributed by atoms with Gasteiger partial charge in [0.25, 0.3) is 0 Å². The molecule has 0 aliphatic carbocycles. The summed E-state index contributed by atoms with van der Waals surface area (Å²) in [6.45, 7) is 6.20. The number of ether oxygens (including phenoxy) is 2. The highest BCUT2D eigenvalue weighted by molar-refractivity contribution is 5.69. The van der Waals surface area contributed by atoms with Gasteiger partial charge in [0.1, 0.15) is 17.1 Å². The molecule has 0 aromatic heterocycles. The number of rotatable bonds is 1. The van der Waals surface area contributed by atoms with Gasteiger partial charge in [-0.2, -0.15) is 0 Å². The first kappa shape index (κ1) is 15.3. The molecule has 1 aromatic carbocycles. The Balaban J connectivity index is 1.69. The molecule has 2 saturated heterocycles. The Hall–Kier alpha value is -1.62. The third-order valence-corrected chi connectivity index (χ3v) is 4.14. The highest BCUT2D eigenvalue weighted by Gasteiger charge is 2.55. The van der Waals surface area contributed by atoms with Crippen LogP contribution in [0.5, 0.6) is 0 Å². The van der Waals surface area contributed by atoms with Gasteiger partial charge in [-0.15, -0.1) is 0 Å². The molecule has 2 aliphatic rings. The molecule has 1 spiro atoms. The van der Waals surface area contributed by atoms with Crippen LogP contribution in [0.1, 0.15) is 51.7 Å². The van der Waals surface area contributed by atoms with Gasteiger partial charge >= 0.3 is 6.09 Å². The van der Waals surface area contributed by atoms with Crippen molar-refractivity contribution in [2.75, 3.05) is 6.54 Å². The average Bonchev–Trinajstić information content (AvgIpc) is 2.79. The molecule has 3 rings (SSSR count). The number of nitrogens with zero attached hydrogens (tertiary/aromatic N) is 1. The summed E-state index contributed by atoms with van der Waals surface area (Å²) < 4.78 is 24.8. The maximum Gasteiger partial charge on any atom is 0.412 e. The van der Waals surface area contributed by atoms with Crippen molar-refractivity contribution >= 4 is 6.09 Å². The lowest BCUT2D eigenvalue weighted by Crippen LogP contribution is -2.58. The molecule has 0 N–H and O–H groups in total. The quantitative estimate of drug-likeness (QED) is 0.786. The van der Waals surface area contributed by atoms with Crippen molar-refractivity contribution in [1.82, 2.24) is 4.90 Å². The molecular formula is C17H22FNO3. The highest BCUT2D eigenvalue weighted by Crippen LogP contribution is 2.51. The Morgan fingerprint density at radius 3 is 2.82 bits per heavy atom. The zero-order valence-corrected chi connectivity index (χ0v) is 13.3. The maximum atomic E-state index is 13.3. The average molecular weight is 307 g/mol. The topological polar surface area (TPSA) is 38.8 Å². The van der Waals surface area contributed by atoms with Crippen LogP contribution in [-0.4, -0.2) is 28.9 Å². The monoisotopic (exact) mass is 307 g/mol. The van der Waals surface area contributed by atoms with Crippen LogP contribution in [-0.2, 0) is 9.47 Å². The van der Waals surface area contributed by atoms with Crippen molar-refractivity contribution in [3.8, 4) is 0 Å². The van der Waals surface area contributed by atoms with Crippen LogP contribution in [0.25, 0.3) is 0 Å². The molecule has 120 valence electrons. The molecule has 2 atom stereocenters. The van der Waals surface area contributed by atoms with Crippen LogP contribution >= 0.6 is 0 Å². The molecule has 1 amide bonds. The van der Waals surface area contributed by atoms with E-state index in [-0.39, 0.29) is 18.0 Å². The minimum Gasteiger partial charge on any atom is -0.444 e. The SMILES string of the molecule is CC(C)(C)OC(=O)N1CCC[C@@]12C[C@H](c1cccc(F)c1)O2. The Kier molecular flexibility index (Phi) is 3.63. The first-order valence-corrected chi connectivity index (χ1v) is 7.73. The second kappa shape index (κ2) is 5.23. The normalized spacial score (nSPS) is 27.8. The summed E-state index contributed by atoms with van der Waals surface area (Å²) in [6.07, 6.45) is 1.91. The molecule has 22 heavy (non-hydrogen) atoms. The first-order chi connectivity index (χ1) is 10.3. The molecule has 5 heteroatoms. The number of hydrogen-bond acceptors (Lipinski definition) is 3. The van der Waals surface area contributed by atoms with Crippen LogP contribution in [0.3, 0.4) is 0 Å². The van der Waals surface area contributed by atoms with Crippen LogP contribution < -0.4 is 0 Å². The van der Waals surface area contributed by atoms with Crippen LogP contribution in [0.15, 0.2) is 24.3 Å². The van der Waals surface area contributed by atoms with Gasteiger partial charge < -0.3 is 9.47 Å². The zero-order valence-electron chi connectivity index (χ0n) is 13.3. The number of carbonyl (C=O) groups is 1. The fourth-order valence-corrected chi connectivity index (χ4v) is 3.20. The highest BCUT2D eigenvalue weighted by atomic mass is 19.1. The number of amides is 1. The molecule has 2 aliphatic heterocycles. The molecule has 0 radical (unpaired) electrons. The third-order valence-electron chi connectivity index (χ3n) is 4.14. The van der Waals surface area contributed by atoms with E-state index in [1.807, 2.05) is 26.8 Å². The molecule has 2 fully saturated rings. The standard InChI is InChI=1S/C17H22FNO3/c1-16(2,3)22-15(20)19-9-5-8-17(19)11-14(21-17)12-6-4-7-13(18)10-12/h4,6-7,10,14H,5,8-9,11H2,1-3H3/t14-,17-/m1/s1. The lowest BCUT2D eigenvalue weighted by atomic mass is 9.90. The fourth-order valence-electron chi connectivity index (χ4n) is 3.20. The van der Waals surface area contributed by atoms with E-state index in [0.29, 0.717) is 13.0 Å². The van der Waals surface area contributed by atoms with Gasteiger partial charge in [-0.3, -0.25) is 4.90 Å². The van der Waals surface area contributed by atoms with E-state index in [9.17, 15) is 9.18 Å². The summed E-state index contributed by atoms with van der Waals surface area (Å²) in [5, 5.41) is 0. The molecule has 1 aromatic rings. The van der Waals surface area contributed by atoms with Gasteiger partial charge in [0.2, 0.25) is 0 Å². The predicted octanol–water partition coefficient (Wildman–Crippen LogP) is 4.01. The van der Waals surface area contributed by atoms with E-state index < -0.39 is 11.3 Å². The van der Waals surface area contributed by atoms with Crippen molar-refractivity contribution in [3.63, 3.8) is 0 Å². The van der Waals surface area contributed by atoms with Gasteiger partial charge in [-0.05, 0) is 51.3 Å². The maximum absolute atomic E-state index is 13.3. The van der Waals surface area contributed by atoms with Gasteiger partial charge in [0, 0.05) is 13.0 Å². The van der Waals surface area contributed by atoms with E-state index in [0.717, 1.165) is 18.4 Å². The molecule has 0 bridgehead atoms. The Labute approximate surface area is 130 Å². The Bertz CT molecular complexity index is 576. The van der Waals surface area contributed by atoms with E-state index in [4.69, 9.17) is 9.47 Å². The van der Waals surface area contributed by atoms with Crippen LogP contribution in [0.4, 0.5) is 9.18 Å². The van der Waals surface area contributed by atoms with Crippen LogP contribution in [0, 0.1) is 5.82 Å². The van der Waals surface area contributed by atoms with Crippen molar-refractivity contribution in [3.05, 3.63) is 35.6 Å². The predicted molar refractivity (Wildman–Crippen MR) is 79.7 cm³/mol. The number of carbonyl (C=O) groups excluding carboxylic acids is 1. The van der Waals surface area contributed by atoms with Crippen molar-refractivity contribution < 1.29 is 18.7 Å². The van der Waals surface area contributed by atoms with Gasteiger partial charge in [0.15, 0.2) is 0 Å². The summed E-state index contributed by atoms with van der Waals surface area (Å²) in [6, 6.07) is 6.44. The number of benzene rings is 1. The second-order valence-corrected chi connectivity index (χ2v) is 7.05. The summed E-state index contributed by atoms with van der Waals surface area (Å²) in [7, 11) is 0. The van der Waals surface area contributed by atoms with Crippen molar-refractivity contribution in [1.29, 1.82) is 0 Å². The Morgan fingerprint density at radius 2 is 2.18 bits per heavy atom. The largest absolute Gasteiger partial charge is 0.444 e. The first-order valence-electron chi connectivity index (χ1n) is 7.73. The summed E-state index contributed by atoms with van der Waals surface area (Å²) in [4.78, 5) is 14.0. The lowest BCUT2D eigenvalue weighted by molar-refractivity contribution is -0.262. The molecule has 4 nitrogen and oxygen atoms in total. The van der Waals surface area contributed by atoms with Crippen molar-refractivity contribution in [2.45, 2.75) is 57.5 Å². The van der Waals surface area contributed by atoms with Crippen LogP contribution in [0.2, 0.25) is 0 Å². The van der Waals surface area contributed by atoms with E-state index in [1.165, 1.54) is 12.1 Å². The summed E-state index contributed by atoms with van der Waals surface area (Å²) in [5.41, 5.74) is -0.270. The zero-order chi connectivity index (χ0) is 16.0. The number of halogens is 1. The van der Waals surface area contributed by atoms with E-state index >= 15 is 0 Å². The number of likely N-dealkylation sites (tertiary alicyclic amines) is 1. The van der Waals surface area contributed by atoms with Crippen molar-refractivity contribution in [2.24, 2.45) is 0 Å². The van der Waals surface area contributed by atoms with E-state index in [2.05, 4.69) is 0 Å². The third kappa shape index (κ3) is 2.82. The molecule has 2 heterocycles.